The van der Waals surface area contributed by atoms with E-state index >= 15 is 0 Å². The molecule has 1 saturated carbocycles. The Morgan fingerprint density at radius 2 is 1.59 bits per heavy atom. The van der Waals surface area contributed by atoms with Crippen LogP contribution in [0.5, 0.6) is 0 Å². The number of nitrogens with two attached hydrogens (primary N) is 1. The van der Waals surface area contributed by atoms with Crippen LogP contribution in [0.15, 0.2) is 30.6 Å². The maximum Gasteiger partial charge on any atom is 0.306 e. The summed E-state index contributed by atoms with van der Waals surface area (Å²) in [4.78, 5) is 42.3. The molecule has 1 aliphatic carbocycles. The van der Waals surface area contributed by atoms with Crippen LogP contribution in [0.2, 0.25) is 0 Å². The van der Waals surface area contributed by atoms with Crippen molar-refractivity contribution in [1.82, 2.24) is 14.9 Å². The van der Waals surface area contributed by atoms with E-state index in [1.165, 1.54) is 12.4 Å². The Labute approximate surface area is 183 Å². The van der Waals surface area contributed by atoms with E-state index in [0.29, 0.717) is 23.6 Å². The van der Waals surface area contributed by atoms with Gasteiger partial charge in [-0.1, -0.05) is 0 Å². The molecule has 32 heavy (non-hydrogen) atoms. The average Bonchev–Trinajstić information content (AvgIpc) is 3.19. The van der Waals surface area contributed by atoms with Crippen LogP contribution in [-0.2, 0) is 9.59 Å². The highest BCUT2D eigenvalue weighted by molar-refractivity contribution is 5.88. The normalized spacial score (nSPS) is 20.4. The molecule has 1 saturated heterocycles. The minimum Gasteiger partial charge on any atom is -0.481 e. The molecule has 2 aliphatic rings. The van der Waals surface area contributed by atoms with Crippen molar-refractivity contribution in [2.75, 3.05) is 6.54 Å². The minimum atomic E-state index is -0.762. The largest absolute Gasteiger partial charge is 0.481 e. The predicted octanol–water partition coefficient (Wildman–Crippen LogP) is 2.77. The van der Waals surface area contributed by atoms with Gasteiger partial charge in [0.25, 0.3) is 5.91 Å². The van der Waals surface area contributed by atoms with E-state index in [1.807, 2.05) is 4.90 Å². The van der Waals surface area contributed by atoms with Gasteiger partial charge in [-0.2, -0.15) is 0 Å². The van der Waals surface area contributed by atoms with E-state index in [0.717, 1.165) is 56.8 Å². The quantitative estimate of drug-likeness (QED) is 0.744. The Balaban J connectivity index is 0.000000182. The van der Waals surface area contributed by atoms with Gasteiger partial charge in [-0.25, -0.2) is 18.7 Å². The number of halogens is 2. The first kappa shape index (κ1) is 23.2. The SMILES string of the molecule is NC(=O)c1ncc(-c2cc(F)cc(F)c2)cn1.O=C(O)C1CCC(N2CCCC2=O)CC1. The number of hydrogen-bond acceptors (Lipinski definition) is 5. The molecule has 2 fully saturated rings. The molecule has 1 aromatic carbocycles. The molecule has 2 heterocycles. The number of benzene rings is 1. The van der Waals surface area contributed by atoms with Gasteiger partial charge in [-0.3, -0.25) is 14.4 Å². The number of carboxylic acids is 1. The van der Waals surface area contributed by atoms with Crippen molar-refractivity contribution in [3.8, 4) is 11.1 Å². The fraction of sp³-hybridized carbons (Fsp3) is 0.409. The lowest BCUT2D eigenvalue weighted by Crippen LogP contribution is -2.39. The molecule has 1 aliphatic heterocycles. The van der Waals surface area contributed by atoms with Crippen molar-refractivity contribution in [2.24, 2.45) is 11.7 Å². The topological polar surface area (TPSA) is 126 Å². The fourth-order valence-electron chi connectivity index (χ4n) is 4.01. The monoisotopic (exact) mass is 446 g/mol. The van der Waals surface area contributed by atoms with Crippen molar-refractivity contribution in [3.63, 3.8) is 0 Å². The number of carbonyl (C=O) groups excluding carboxylic acids is 2. The number of rotatable bonds is 4. The Kier molecular flexibility index (Phi) is 7.45. The summed E-state index contributed by atoms with van der Waals surface area (Å²) in [6.07, 6.45) is 7.39. The number of carboxylic acid groups (broad SMARTS) is 1. The molecule has 170 valence electrons. The number of hydrogen-bond donors (Lipinski definition) is 2. The molecule has 10 heteroatoms. The van der Waals surface area contributed by atoms with Crippen molar-refractivity contribution in [2.45, 2.75) is 44.6 Å². The average molecular weight is 446 g/mol. The molecule has 3 N–H and O–H groups in total. The first-order valence-electron chi connectivity index (χ1n) is 10.3. The number of primary amides is 1. The summed E-state index contributed by atoms with van der Waals surface area (Å²) in [6, 6.07) is 3.37. The van der Waals surface area contributed by atoms with Crippen LogP contribution < -0.4 is 5.73 Å². The summed E-state index contributed by atoms with van der Waals surface area (Å²) >= 11 is 0. The number of likely N-dealkylation sites (tertiary alicyclic amines) is 1. The summed E-state index contributed by atoms with van der Waals surface area (Å²) in [6.45, 7) is 0.876. The molecule has 2 amide bonds. The molecule has 0 radical (unpaired) electrons. The van der Waals surface area contributed by atoms with Gasteiger partial charge in [0.15, 0.2) is 0 Å². The molecule has 0 atom stereocenters. The van der Waals surface area contributed by atoms with Gasteiger partial charge in [0.05, 0.1) is 5.92 Å². The second kappa shape index (κ2) is 10.3. The summed E-state index contributed by atoms with van der Waals surface area (Å²) in [7, 11) is 0. The molecular formula is C22H24F2N4O4. The molecule has 8 nitrogen and oxygen atoms in total. The maximum atomic E-state index is 13.0. The van der Waals surface area contributed by atoms with Crippen LogP contribution in [0, 0.1) is 17.6 Å². The van der Waals surface area contributed by atoms with E-state index in [-0.39, 0.29) is 17.6 Å². The second-order valence-electron chi connectivity index (χ2n) is 7.85. The van der Waals surface area contributed by atoms with Crippen molar-refractivity contribution >= 4 is 17.8 Å². The van der Waals surface area contributed by atoms with E-state index < -0.39 is 23.5 Å². The Morgan fingerprint density at radius 3 is 2.06 bits per heavy atom. The van der Waals surface area contributed by atoms with Gasteiger partial charge in [0.1, 0.15) is 11.6 Å². The summed E-state index contributed by atoms with van der Waals surface area (Å²) in [5, 5.41) is 8.86. The number of nitrogens with zero attached hydrogens (tertiary/aromatic N) is 3. The smallest absolute Gasteiger partial charge is 0.306 e. The first-order valence-corrected chi connectivity index (χ1v) is 10.3. The molecule has 4 rings (SSSR count). The summed E-state index contributed by atoms with van der Waals surface area (Å²) < 4.78 is 25.9. The first-order chi connectivity index (χ1) is 15.2. The lowest BCUT2D eigenvalue weighted by molar-refractivity contribution is -0.143. The highest BCUT2D eigenvalue weighted by Crippen LogP contribution is 2.30. The van der Waals surface area contributed by atoms with Crippen LogP contribution in [-0.4, -0.2) is 50.3 Å². The fourth-order valence-corrected chi connectivity index (χ4v) is 4.01. The van der Waals surface area contributed by atoms with Crippen LogP contribution in [0.4, 0.5) is 8.78 Å². The predicted molar refractivity (Wildman–Crippen MR) is 110 cm³/mol. The third-order valence-corrected chi connectivity index (χ3v) is 5.66. The minimum absolute atomic E-state index is 0.148. The van der Waals surface area contributed by atoms with Gasteiger partial charge < -0.3 is 15.7 Å². The third kappa shape index (κ3) is 5.83. The molecule has 0 spiro atoms. The van der Waals surface area contributed by atoms with E-state index in [1.54, 1.807) is 0 Å². The lowest BCUT2D eigenvalue weighted by atomic mass is 9.85. The Bertz CT molecular complexity index is 972. The summed E-state index contributed by atoms with van der Waals surface area (Å²) in [5.74, 6) is -2.90. The van der Waals surface area contributed by atoms with Crippen molar-refractivity contribution in [1.29, 1.82) is 0 Å². The Hall–Kier alpha value is -3.43. The maximum absolute atomic E-state index is 13.0. The van der Waals surface area contributed by atoms with Gasteiger partial charge in [0, 0.05) is 43.0 Å². The zero-order valence-corrected chi connectivity index (χ0v) is 17.3. The van der Waals surface area contributed by atoms with Gasteiger partial charge >= 0.3 is 5.97 Å². The zero-order chi connectivity index (χ0) is 23.3. The highest BCUT2D eigenvalue weighted by Gasteiger charge is 2.33. The zero-order valence-electron chi connectivity index (χ0n) is 17.3. The van der Waals surface area contributed by atoms with Crippen LogP contribution >= 0.6 is 0 Å². The molecule has 0 bridgehead atoms. The number of aliphatic carboxylic acids is 1. The van der Waals surface area contributed by atoms with Gasteiger partial charge in [0.2, 0.25) is 11.7 Å². The van der Waals surface area contributed by atoms with Gasteiger partial charge in [-0.05, 0) is 49.8 Å². The third-order valence-electron chi connectivity index (χ3n) is 5.66. The van der Waals surface area contributed by atoms with Crippen LogP contribution in [0.1, 0.15) is 49.1 Å². The summed E-state index contributed by atoms with van der Waals surface area (Å²) in [5.41, 5.74) is 5.65. The van der Waals surface area contributed by atoms with Gasteiger partial charge in [-0.15, -0.1) is 0 Å². The highest BCUT2D eigenvalue weighted by atomic mass is 19.1. The standard InChI is InChI=1S/C11H7F2N3O.C11H17NO3/c12-8-1-6(2-9(13)3-8)7-4-15-11(10(14)17)16-5-7;13-10-2-1-7-12(10)9-5-3-8(4-6-9)11(14)15/h1-5H,(H2,14,17);8-9H,1-7H2,(H,14,15). The van der Waals surface area contributed by atoms with Crippen molar-refractivity contribution < 1.29 is 28.3 Å². The Morgan fingerprint density at radius 1 is 1.00 bits per heavy atom. The van der Waals surface area contributed by atoms with Crippen molar-refractivity contribution in [3.05, 3.63) is 48.1 Å². The molecule has 0 unspecified atom stereocenters. The van der Waals surface area contributed by atoms with E-state index in [4.69, 9.17) is 10.8 Å². The second-order valence-corrected chi connectivity index (χ2v) is 7.85. The number of amides is 2. The van der Waals surface area contributed by atoms with Crippen LogP contribution in [0.25, 0.3) is 11.1 Å². The number of carbonyl (C=O) groups is 3. The lowest BCUT2D eigenvalue weighted by Gasteiger charge is -2.33. The van der Waals surface area contributed by atoms with E-state index in [9.17, 15) is 23.2 Å². The molecule has 2 aromatic rings. The van der Waals surface area contributed by atoms with E-state index in [2.05, 4.69) is 9.97 Å². The van der Waals surface area contributed by atoms with Crippen LogP contribution in [0.3, 0.4) is 0 Å². The number of aromatic nitrogens is 2. The molecular weight excluding hydrogens is 422 g/mol. The molecule has 1 aromatic heterocycles.